The molecule has 0 fully saturated rings. The molecule has 126 valence electrons. The van der Waals surface area contributed by atoms with Crippen LogP contribution in [0.25, 0.3) is 0 Å². The summed E-state index contributed by atoms with van der Waals surface area (Å²) in [5.41, 5.74) is 1.39. The summed E-state index contributed by atoms with van der Waals surface area (Å²) in [5.74, 6) is -0.0705. The van der Waals surface area contributed by atoms with Crippen LogP contribution >= 0.6 is 0 Å². The number of hydrogen-bond acceptors (Lipinski definition) is 4. The van der Waals surface area contributed by atoms with Gasteiger partial charge < -0.3 is 15.7 Å². The molecule has 3 N–H and O–H groups in total. The Hall–Kier alpha value is -2.93. The molecule has 0 radical (unpaired) electrons. The highest BCUT2D eigenvalue weighted by Crippen LogP contribution is 2.19. The van der Waals surface area contributed by atoms with E-state index >= 15 is 0 Å². The van der Waals surface area contributed by atoms with E-state index in [1.807, 2.05) is 37.3 Å². The van der Waals surface area contributed by atoms with Gasteiger partial charge in [0.05, 0.1) is 17.6 Å². The zero-order chi connectivity index (χ0) is 17.5. The summed E-state index contributed by atoms with van der Waals surface area (Å²) in [6, 6.07) is 14.2. The quantitative estimate of drug-likeness (QED) is 0.560. The van der Waals surface area contributed by atoms with Crippen LogP contribution in [0.3, 0.4) is 0 Å². The normalized spacial score (nSPS) is 12.9. The molecule has 24 heavy (non-hydrogen) atoms. The zero-order valence-electron chi connectivity index (χ0n) is 13.2. The lowest BCUT2D eigenvalue weighted by Crippen LogP contribution is -2.43. The van der Waals surface area contributed by atoms with Gasteiger partial charge in [0.15, 0.2) is 0 Å². The van der Waals surface area contributed by atoms with E-state index in [4.69, 9.17) is 0 Å². The van der Waals surface area contributed by atoms with Crippen molar-refractivity contribution in [2.24, 2.45) is 0 Å². The van der Waals surface area contributed by atoms with E-state index < -0.39 is 17.0 Å². The average Bonchev–Trinajstić information content (AvgIpc) is 2.60. The molecule has 0 bridgehead atoms. The van der Waals surface area contributed by atoms with Crippen molar-refractivity contribution in [2.45, 2.75) is 18.9 Å². The van der Waals surface area contributed by atoms with Gasteiger partial charge in [0.2, 0.25) is 0 Å². The number of benzene rings is 2. The lowest BCUT2D eigenvalue weighted by Gasteiger charge is -2.23. The highest BCUT2D eigenvalue weighted by Gasteiger charge is 2.20. The highest BCUT2D eigenvalue weighted by molar-refractivity contribution is 5.89. The summed E-state index contributed by atoms with van der Waals surface area (Å²) >= 11 is 0. The lowest BCUT2D eigenvalue weighted by atomic mass is 9.94. The Morgan fingerprint density at radius 3 is 2.33 bits per heavy atom. The molecule has 2 aromatic carbocycles. The Bertz CT molecular complexity index is 689. The zero-order valence-corrected chi connectivity index (χ0v) is 13.2. The van der Waals surface area contributed by atoms with Crippen LogP contribution < -0.4 is 10.6 Å². The number of aliphatic hydroxyl groups excluding tert-OH is 1. The second-order valence-electron chi connectivity index (χ2n) is 5.39. The predicted octanol–water partition coefficient (Wildman–Crippen LogP) is 2.88. The number of carbonyl (C=O) groups excluding carboxylic acids is 1. The number of nitro groups is 1. The first-order chi connectivity index (χ1) is 11.5. The number of nitrogens with zero attached hydrogens (tertiary/aromatic N) is 1. The molecule has 2 amide bonds. The fourth-order valence-electron chi connectivity index (χ4n) is 2.32. The van der Waals surface area contributed by atoms with Crippen molar-refractivity contribution in [1.29, 1.82) is 0 Å². The number of carbonyl (C=O) groups is 1. The van der Waals surface area contributed by atoms with Gasteiger partial charge in [-0.25, -0.2) is 4.79 Å². The van der Waals surface area contributed by atoms with E-state index in [0.717, 1.165) is 5.56 Å². The first-order valence-electron chi connectivity index (χ1n) is 7.49. The Morgan fingerprint density at radius 2 is 1.79 bits per heavy atom. The van der Waals surface area contributed by atoms with Gasteiger partial charge >= 0.3 is 6.03 Å². The molecule has 0 aromatic heterocycles. The molecule has 2 unspecified atom stereocenters. The van der Waals surface area contributed by atoms with Crippen molar-refractivity contribution >= 4 is 17.4 Å². The lowest BCUT2D eigenvalue weighted by molar-refractivity contribution is -0.384. The second kappa shape index (κ2) is 8.07. The number of non-ortho nitro benzene ring substituents is 1. The molecule has 2 aromatic rings. The van der Waals surface area contributed by atoms with Crippen molar-refractivity contribution in [2.75, 3.05) is 11.9 Å². The number of nitrogens with one attached hydrogen (secondary N) is 2. The second-order valence-corrected chi connectivity index (χ2v) is 5.39. The Kier molecular flexibility index (Phi) is 5.86. The third-order valence-electron chi connectivity index (χ3n) is 3.78. The van der Waals surface area contributed by atoms with Crippen LogP contribution in [0.15, 0.2) is 54.6 Å². The SMILES string of the molecule is CC(c1ccccc1)C(CO)NC(=O)Nc1ccc([N+](=O)[O-])cc1. The molecular weight excluding hydrogens is 310 g/mol. The summed E-state index contributed by atoms with van der Waals surface area (Å²) in [6.07, 6.45) is 0. The molecule has 7 heteroatoms. The minimum Gasteiger partial charge on any atom is -0.394 e. The first-order valence-corrected chi connectivity index (χ1v) is 7.49. The van der Waals surface area contributed by atoms with Gasteiger partial charge in [0.1, 0.15) is 0 Å². The molecule has 7 nitrogen and oxygen atoms in total. The van der Waals surface area contributed by atoms with Gasteiger partial charge in [-0.3, -0.25) is 10.1 Å². The first kappa shape index (κ1) is 17.4. The number of amides is 2. The number of urea groups is 1. The molecular formula is C17H19N3O4. The summed E-state index contributed by atoms with van der Waals surface area (Å²) in [5, 5.41) is 25.5. The monoisotopic (exact) mass is 329 g/mol. The summed E-state index contributed by atoms with van der Waals surface area (Å²) < 4.78 is 0. The van der Waals surface area contributed by atoms with Gasteiger partial charge in [0, 0.05) is 23.7 Å². The summed E-state index contributed by atoms with van der Waals surface area (Å²) in [6.45, 7) is 1.71. The molecule has 0 spiro atoms. The summed E-state index contributed by atoms with van der Waals surface area (Å²) in [4.78, 5) is 22.2. The van der Waals surface area contributed by atoms with Crippen LogP contribution in [0.2, 0.25) is 0 Å². The van der Waals surface area contributed by atoms with Crippen molar-refractivity contribution in [3.63, 3.8) is 0 Å². The fraction of sp³-hybridized carbons (Fsp3) is 0.235. The number of hydrogen-bond donors (Lipinski definition) is 3. The van der Waals surface area contributed by atoms with Crippen molar-refractivity contribution in [1.82, 2.24) is 5.32 Å². The summed E-state index contributed by atoms with van der Waals surface area (Å²) in [7, 11) is 0. The van der Waals surface area contributed by atoms with E-state index in [1.165, 1.54) is 24.3 Å². The molecule has 0 heterocycles. The molecule has 0 aliphatic heterocycles. The predicted molar refractivity (Wildman–Crippen MR) is 91.0 cm³/mol. The van der Waals surface area contributed by atoms with E-state index in [2.05, 4.69) is 10.6 Å². The van der Waals surface area contributed by atoms with E-state index in [0.29, 0.717) is 5.69 Å². The van der Waals surface area contributed by atoms with E-state index in [1.54, 1.807) is 0 Å². The van der Waals surface area contributed by atoms with E-state index in [-0.39, 0.29) is 18.2 Å². The van der Waals surface area contributed by atoms with Gasteiger partial charge in [-0.2, -0.15) is 0 Å². The highest BCUT2D eigenvalue weighted by atomic mass is 16.6. The average molecular weight is 329 g/mol. The van der Waals surface area contributed by atoms with Crippen molar-refractivity contribution < 1.29 is 14.8 Å². The number of rotatable bonds is 6. The maximum absolute atomic E-state index is 12.1. The van der Waals surface area contributed by atoms with Crippen LogP contribution in [0.4, 0.5) is 16.2 Å². The third kappa shape index (κ3) is 4.53. The number of aliphatic hydroxyl groups is 1. The van der Waals surface area contributed by atoms with Crippen LogP contribution in [-0.4, -0.2) is 28.7 Å². The van der Waals surface area contributed by atoms with Crippen LogP contribution in [-0.2, 0) is 0 Å². The molecule has 0 aliphatic rings. The number of nitro benzene ring substituents is 1. The van der Waals surface area contributed by atoms with Crippen LogP contribution in [0, 0.1) is 10.1 Å². The van der Waals surface area contributed by atoms with Crippen LogP contribution in [0.5, 0.6) is 0 Å². The van der Waals surface area contributed by atoms with Crippen LogP contribution in [0.1, 0.15) is 18.4 Å². The van der Waals surface area contributed by atoms with Gasteiger partial charge in [-0.1, -0.05) is 37.3 Å². The maximum Gasteiger partial charge on any atom is 0.319 e. The fourth-order valence-corrected chi connectivity index (χ4v) is 2.32. The van der Waals surface area contributed by atoms with Crippen molar-refractivity contribution in [3.8, 4) is 0 Å². The van der Waals surface area contributed by atoms with Gasteiger partial charge in [0.25, 0.3) is 5.69 Å². The molecule has 0 aliphatic carbocycles. The Balaban J connectivity index is 1.97. The van der Waals surface area contributed by atoms with Gasteiger partial charge in [-0.05, 0) is 17.7 Å². The standard InChI is InChI=1S/C17H19N3O4/c1-12(13-5-3-2-4-6-13)16(11-21)19-17(22)18-14-7-9-15(10-8-14)20(23)24/h2-10,12,16,21H,11H2,1H3,(H2,18,19,22). The largest absolute Gasteiger partial charge is 0.394 e. The van der Waals surface area contributed by atoms with Gasteiger partial charge in [-0.15, -0.1) is 0 Å². The van der Waals surface area contributed by atoms with E-state index in [9.17, 15) is 20.0 Å². The molecule has 0 saturated carbocycles. The minimum atomic E-state index is -0.507. The smallest absolute Gasteiger partial charge is 0.319 e. The maximum atomic E-state index is 12.1. The molecule has 2 atom stereocenters. The molecule has 2 rings (SSSR count). The minimum absolute atomic E-state index is 0.0492. The number of anilines is 1. The molecule has 0 saturated heterocycles. The Morgan fingerprint density at radius 1 is 1.17 bits per heavy atom. The third-order valence-corrected chi connectivity index (χ3v) is 3.78. The Labute approximate surface area is 139 Å². The topological polar surface area (TPSA) is 104 Å². The van der Waals surface area contributed by atoms with Crippen molar-refractivity contribution in [3.05, 3.63) is 70.3 Å².